The van der Waals surface area contributed by atoms with E-state index >= 15 is 0 Å². The molecule has 128 valence electrons. The molecule has 4 nitrogen and oxygen atoms in total. The summed E-state index contributed by atoms with van der Waals surface area (Å²) in [5.41, 5.74) is 4.49. The molecular weight excluding hydrogens is 314 g/mol. The summed E-state index contributed by atoms with van der Waals surface area (Å²) in [6.45, 7) is 6.15. The van der Waals surface area contributed by atoms with Crippen molar-refractivity contribution in [1.82, 2.24) is 4.98 Å². The van der Waals surface area contributed by atoms with E-state index in [1.54, 1.807) is 13.2 Å². The quantitative estimate of drug-likeness (QED) is 0.725. The third-order valence-electron chi connectivity index (χ3n) is 4.35. The Morgan fingerprint density at radius 3 is 2.56 bits per heavy atom. The molecule has 0 radical (unpaired) electrons. The summed E-state index contributed by atoms with van der Waals surface area (Å²) in [5, 5.41) is 10.4. The van der Waals surface area contributed by atoms with Crippen LogP contribution in [0.2, 0.25) is 0 Å². The average Bonchev–Trinajstić information content (AvgIpc) is 2.59. The predicted molar refractivity (Wildman–Crippen MR) is 99.5 cm³/mol. The first-order chi connectivity index (χ1) is 11.9. The van der Waals surface area contributed by atoms with E-state index in [0.717, 1.165) is 22.2 Å². The third-order valence-corrected chi connectivity index (χ3v) is 4.35. The highest BCUT2D eigenvalue weighted by molar-refractivity contribution is 6.04. The molecule has 1 heterocycles. The molecule has 0 saturated carbocycles. The van der Waals surface area contributed by atoms with Gasteiger partial charge >= 0.3 is 5.97 Å². The zero-order chi connectivity index (χ0) is 18.1. The Hall–Kier alpha value is -2.88. The molecule has 0 atom stereocenters. The van der Waals surface area contributed by atoms with E-state index < -0.39 is 5.97 Å². The molecular formula is C21H21NO3. The van der Waals surface area contributed by atoms with Crippen molar-refractivity contribution in [2.45, 2.75) is 26.7 Å². The van der Waals surface area contributed by atoms with E-state index in [-0.39, 0.29) is 11.5 Å². The maximum atomic E-state index is 11.8. The van der Waals surface area contributed by atoms with Crippen molar-refractivity contribution in [2.24, 2.45) is 0 Å². The number of para-hydroxylation sites is 1. The van der Waals surface area contributed by atoms with Gasteiger partial charge in [0, 0.05) is 10.9 Å². The van der Waals surface area contributed by atoms with Gasteiger partial charge < -0.3 is 9.84 Å². The molecule has 0 bridgehead atoms. The smallest absolute Gasteiger partial charge is 0.336 e. The molecule has 3 rings (SSSR count). The predicted octanol–water partition coefficient (Wildman–Crippen LogP) is 5.04. The van der Waals surface area contributed by atoms with E-state index in [4.69, 9.17) is 9.72 Å². The number of hydrogen-bond donors (Lipinski definition) is 1. The van der Waals surface area contributed by atoms with Crippen LogP contribution in [-0.4, -0.2) is 23.2 Å². The van der Waals surface area contributed by atoms with E-state index in [9.17, 15) is 9.90 Å². The molecule has 1 N–H and O–H groups in total. The van der Waals surface area contributed by atoms with Gasteiger partial charge in [-0.05, 0) is 36.6 Å². The van der Waals surface area contributed by atoms with Gasteiger partial charge in [0.05, 0.1) is 23.9 Å². The van der Waals surface area contributed by atoms with Gasteiger partial charge in [-0.2, -0.15) is 0 Å². The summed E-state index contributed by atoms with van der Waals surface area (Å²) >= 11 is 0. The van der Waals surface area contributed by atoms with Crippen molar-refractivity contribution in [2.75, 3.05) is 7.11 Å². The Bertz CT molecular complexity index is 961. The lowest BCUT2D eigenvalue weighted by Gasteiger charge is -2.14. The monoisotopic (exact) mass is 335 g/mol. The minimum absolute atomic E-state index is 0.243. The molecule has 0 unspecified atom stereocenters. The van der Waals surface area contributed by atoms with Crippen molar-refractivity contribution in [3.05, 3.63) is 59.2 Å². The molecule has 0 fully saturated rings. The Kier molecular flexibility index (Phi) is 4.45. The largest absolute Gasteiger partial charge is 0.496 e. The molecule has 1 aromatic heterocycles. The summed E-state index contributed by atoms with van der Waals surface area (Å²) in [7, 11) is 1.60. The minimum Gasteiger partial charge on any atom is -0.496 e. The van der Waals surface area contributed by atoms with Crippen LogP contribution in [0.25, 0.3) is 22.2 Å². The van der Waals surface area contributed by atoms with Crippen LogP contribution in [0.15, 0.2) is 42.5 Å². The van der Waals surface area contributed by atoms with Gasteiger partial charge in [0.15, 0.2) is 0 Å². The van der Waals surface area contributed by atoms with Gasteiger partial charge in [0.2, 0.25) is 0 Å². The van der Waals surface area contributed by atoms with Gasteiger partial charge in [-0.1, -0.05) is 43.7 Å². The molecule has 2 aromatic carbocycles. The Morgan fingerprint density at radius 2 is 1.92 bits per heavy atom. The molecule has 0 saturated heterocycles. The fraction of sp³-hybridized carbons (Fsp3) is 0.238. The molecule has 0 aliphatic carbocycles. The number of aryl methyl sites for hydroxylation is 1. The standard InChI is InChI=1S/C21H21NO3/c1-12(2)14-6-5-7-15-16(21(23)24)11-18(22-20(14)15)17-10-13(3)8-9-19(17)25-4/h5-12H,1-4H3,(H,23,24). The second kappa shape index (κ2) is 6.55. The highest BCUT2D eigenvalue weighted by Gasteiger charge is 2.18. The lowest BCUT2D eigenvalue weighted by atomic mass is 9.96. The molecule has 25 heavy (non-hydrogen) atoms. The van der Waals surface area contributed by atoms with Crippen LogP contribution in [-0.2, 0) is 0 Å². The first kappa shape index (κ1) is 17.0. The van der Waals surface area contributed by atoms with E-state index in [0.29, 0.717) is 16.8 Å². The Balaban J connectivity index is 2.39. The number of carboxylic acids is 1. The number of nitrogens with zero attached hydrogens (tertiary/aromatic N) is 1. The molecule has 0 spiro atoms. The van der Waals surface area contributed by atoms with Crippen LogP contribution < -0.4 is 4.74 Å². The first-order valence-corrected chi connectivity index (χ1v) is 8.24. The second-order valence-electron chi connectivity index (χ2n) is 6.46. The second-order valence-corrected chi connectivity index (χ2v) is 6.46. The van der Waals surface area contributed by atoms with E-state index in [1.165, 1.54) is 0 Å². The number of aromatic carboxylic acids is 1. The van der Waals surface area contributed by atoms with Gasteiger partial charge in [-0.25, -0.2) is 9.78 Å². The fourth-order valence-corrected chi connectivity index (χ4v) is 3.07. The summed E-state index contributed by atoms with van der Waals surface area (Å²) in [4.78, 5) is 16.7. The maximum Gasteiger partial charge on any atom is 0.336 e. The summed E-state index contributed by atoms with van der Waals surface area (Å²) < 4.78 is 5.46. The molecule has 0 aliphatic rings. The number of carbonyl (C=O) groups is 1. The first-order valence-electron chi connectivity index (χ1n) is 8.24. The summed E-state index contributed by atoms with van der Waals surface area (Å²) in [6.07, 6.45) is 0. The van der Waals surface area contributed by atoms with Crippen molar-refractivity contribution >= 4 is 16.9 Å². The average molecular weight is 335 g/mol. The van der Waals surface area contributed by atoms with E-state index in [1.807, 2.05) is 43.3 Å². The number of rotatable bonds is 4. The Labute approximate surface area is 147 Å². The summed E-state index contributed by atoms with van der Waals surface area (Å²) in [6, 6.07) is 13.1. The zero-order valence-electron chi connectivity index (χ0n) is 14.8. The fourth-order valence-electron chi connectivity index (χ4n) is 3.07. The normalized spacial score (nSPS) is 11.1. The Morgan fingerprint density at radius 1 is 1.16 bits per heavy atom. The van der Waals surface area contributed by atoms with Crippen molar-refractivity contribution in [1.29, 1.82) is 0 Å². The lowest BCUT2D eigenvalue weighted by Crippen LogP contribution is -2.03. The number of aromatic nitrogens is 1. The van der Waals surface area contributed by atoms with E-state index in [2.05, 4.69) is 13.8 Å². The van der Waals surface area contributed by atoms with Crippen LogP contribution in [0.5, 0.6) is 5.75 Å². The SMILES string of the molecule is COc1ccc(C)cc1-c1cc(C(=O)O)c2cccc(C(C)C)c2n1. The molecule has 4 heteroatoms. The van der Waals surface area contributed by atoms with Crippen molar-refractivity contribution in [3.63, 3.8) is 0 Å². The van der Waals surface area contributed by atoms with Crippen LogP contribution >= 0.6 is 0 Å². The maximum absolute atomic E-state index is 11.8. The minimum atomic E-state index is -0.957. The van der Waals surface area contributed by atoms with Gasteiger partial charge in [0.1, 0.15) is 5.75 Å². The van der Waals surface area contributed by atoms with Gasteiger partial charge in [-0.15, -0.1) is 0 Å². The van der Waals surface area contributed by atoms with Crippen LogP contribution in [0.3, 0.4) is 0 Å². The molecule has 0 amide bonds. The van der Waals surface area contributed by atoms with Crippen LogP contribution in [0.1, 0.15) is 41.3 Å². The number of hydrogen-bond acceptors (Lipinski definition) is 3. The van der Waals surface area contributed by atoms with Crippen molar-refractivity contribution < 1.29 is 14.6 Å². The number of fused-ring (bicyclic) bond motifs is 1. The molecule has 0 aliphatic heterocycles. The number of methoxy groups -OCH3 is 1. The zero-order valence-corrected chi connectivity index (χ0v) is 14.8. The number of pyridine rings is 1. The number of carboxylic acid groups (broad SMARTS) is 1. The third kappa shape index (κ3) is 3.07. The highest BCUT2D eigenvalue weighted by Crippen LogP contribution is 2.34. The van der Waals surface area contributed by atoms with Crippen LogP contribution in [0.4, 0.5) is 0 Å². The van der Waals surface area contributed by atoms with Crippen LogP contribution in [0, 0.1) is 6.92 Å². The van der Waals surface area contributed by atoms with Gasteiger partial charge in [0.25, 0.3) is 0 Å². The molecule has 3 aromatic rings. The number of benzene rings is 2. The van der Waals surface area contributed by atoms with Gasteiger partial charge in [-0.3, -0.25) is 0 Å². The highest BCUT2D eigenvalue weighted by atomic mass is 16.5. The van der Waals surface area contributed by atoms with Crippen molar-refractivity contribution in [3.8, 4) is 17.0 Å². The summed E-state index contributed by atoms with van der Waals surface area (Å²) in [5.74, 6) is -0.0375. The number of ether oxygens (including phenoxy) is 1. The topological polar surface area (TPSA) is 59.4 Å². The lowest BCUT2D eigenvalue weighted by molar-refractivity contribution is 0.0699.